The van der Waals surface area contributed by atoms with Gasteiger partial charge in [0.1, 0.15) is 0 Å². The highest BCUT2D eigenvalue weighted by Gasteiger charge is 2.17. The highest BCUT2D eigenvalue weighted by Crippen LogP contribution is 2.33. The molecule has 104 valence electrons. The summed E-state index contributed by atoms with van der Waals surface area (Å²) in [4.78, 5) is 4.13. The molecule has 1 aromatic carbocycles. The van der Waals surface area contributed by atoms with Gasteiger partial charge in [-0.15, -0.1) is 0 Å². The van der Waals surface area contributed by atoms with E-state index in [0.717, 1.165) is 29.0 Å². The molecule has 0 spiro atoms. The second-order valence-electron chi connectivity index (χ2n) is 4.64. The first kappa shape index (κ1) is 12.9. The quantitative estimate of drug-likeness (QED) is 0.658. The van der Waals surface area contributed by atoms with Crippen molar-refractivity contribution in [3.63, 3.8) is 0 Å². The van der Waals surface area contributed by atoms with E-state index >= 15 is 0 Å². The predicted octanol–water partition coefficient (Wildman–Crippen LogP) is 1.80. The van der Waals surface area contributed by atoms with Gasteiger partial charge < -0.3 is 9.47 Å². The Balaban J connectivity index is 1.94. The predicted molar refractivity (Wildman–Crippen MR) is 75.5 cm³/mol. The number of rotatable bonds is 3. The minimum absolute atomic E-state index is 0.124. The fourth-order valence-corrected chi connectivity index (χ4v) is 2.29. The fourth-order valence-electron chi connectivity index (χ4n) is 2.29. The van der Waals surface area contributed by atoms with Crippen LogP contribution in [-0.2, 0) is 0 Å². The van der Waals surface area contributed by atoms with Crippen LogP contribution in [0.3, 0.4) is 0 Å². The van der Waals surface area contributed by atoms with Crippen molar-refractivity contribution in [3.05, 3.63) is 53.9 Å². The number of nitrogens with two attached hydrogens (primary N) is 1. The standard InChI is InChI=1S/C15H17N3O2/c16-18-15(12-3-1-6-17-10-12)11-4-5-13-14(9-11)20-8-2-7-19-13/h1,3-6,9-10,15,18H,2,7-8,16H2. The number of hydrogen-bond acceptors (Lipinski definition) is 5. The van der Waals surface area contributed by atoms with Gasteiger partial charge in [-0.1, -0.05) is 12.1 Å². The zero-order valence-electron chi connectivity index (χ0n) is 11.1. The molecule has 5 heteroatoms. The molecule has 0 fully saturated rings. The third-order valence-corrected chi connectivity index (χ3v) is 3.29. The molecule has 2 heterocycles. The van der Waals surface area contributed by atoms with Crippen molar-refractivity contribution in [3.8, 4) is 11.5 Å². The lowest BCUT2D eigenvalue weighted by atomic mass is 10.0. The molecule has 3 N–H and O–H groups in total. The van der Waals surface area contributed by atoms with E-state index < -0.39 is 0 Å². The van der Waals surface area contributed by atoms with Gasteiger partial charge in [0.05, 0.1) is 19.3 Å². The molecule has 1 unspecified atom stereocenters. The number of hydrazine groups is 1. The van der Waals surface area contributed by atoms with Crippen molar-refractivity contribution in [1.29, 1.82) is 0 Å². The Bertz CT molecular complexity index is 575. The Morgan fingerprint density at radius 2 is 1.95 bits per heavy atom. The Hall–Kier alpha value is -2.11. The first-order chi connectivity index (χ1) is 9.88. The number of fused-ring (bicyclic) bond motifs is 1. The molecule has 0 amide bonds. The topological polar surface area (TPSA) is 69.4 Å². The summed E-state index contributed by atoms with van der Waals surface area (Å²) in [5.74, 6) is 7.25. The Morgan fingerprint density at radius 3 is 2.70 bits per heavy atom. The molecule has 0 saturated carbocycles. The molecule has 3 rings (SSSR count). The third kappa shape index (κ3) is 2.59. The number of ether oxygens (including phenoxy) is 2. The van der Waals surface area contributed by atoms with E-state index in [0.29, 0.717) is 13.2 Å². The third-order valence-electron chi connectivity index (χ3n) is 3.29. The van der Waals surface area contributed by atoms with Crippen LogP contribution in [0, 0.1) is 0 Å². The lowest BCUT2D eigenvalue weighted by Gasteiger charge is -2.18. The molecule has 0 saturated heterocycles. The molecule has 1 aromatic heterocycles. The van der Waals surface area contributed by atoms with E-state index in [1.807, 2.05) is 30.3 Å². The number of benzene rings is 1. The maximum absolute atomic E-state index is 5.71. The molecular weight excluding hydrogens is 254 g/mol. The summed E-state index contributed by atoms with van der Waals surface area (Å²) in [6.45, 7) is 1.36. The smallest absolute Gasteiger partial charge is 0.161 e. The molecule has 0 bridgehead atoms. The monoisotopic (exact) mass is 271 g/mol. The fraction of sp³-hybridized carbons (Fsp3) is 0.267. The van der Waals surface area contributed by atoms with Gasteiger partial charge in [-0.2, -0.15) is 0 Å². The maximum Gasteiger partial charge on any atom is 0.161 e. The van der Waals surface area contributed by atoms with Gasteiger partial charge in [-0.05, 0) is 29.3 Å². The van der Waals surface area contributed by atoms with Crippen molar-refractivity contribution in [2.75, 3.05) is 13.2 Å². The highest BCUT2D eigenvalue weighted by atomic mass is 16.5. The summed E-state index contributed by atoms with van der Waals surface area (Å²) < 4.78 is 11.3. The summed E-state index contributed by atoms with van der Waals surface area (Å²) in [6.07, 6.45) is 4.43. The zero-order valence-corrected chi connectivity index (χ0v) is 11.1. The molecule has 0 aliphatic carbocycles. The van der Waals surface area contributed by atoms with Crippen molar-refractivity contribution < 1.29 is 9.47 Å². The first-order valence-corrected chi connectivity index (χ1v) is 6.64. The maximum atomic E-state index is 5.71. The molecule has 2 aromatic rings. The van der Waals surface area contributed by atoms with Crippen molar-refractivity contribution in [1.82, 2.24) is 10.4 Å². The molecular formula is C15H17N3O2. The summed E-state index contributed by atoms with van der Waals surface area (Å²) in [7, 11) is 0. The van der Waals surface area contributed by atoms with Crippen LogP contribution in [0.2, 0.25) is 0 Å². The van der Waals surface area contributed by atoms with E-state index in [2.05, 4.69) is 10.4 Å². The Kier molecular flexibility index (Phi) is 3.80. The number of pyridine rings is 1. The van der Waals surface area contributed by atoms with Gasteiger partial charge in [-0.3, -0.25) is 10.8 Å². The van der Waals surface area contributed by atoms with Gasteiger partial charge in [-0.25, -0.2) is 5.43 Å². The van der Waals surface area contributed by atoms with Crippen LogP contribution in [0.25, 0.3) is 0 Å². The van der Waals surface area contributed by atoms with Crippen molar-refractivity contribution in [2.45, 2.75) is 12.5 Å². The Labute approximate surface area is 117 Å². The van der Waals surface area contributed by atoms with Crippen LogP contribution in [0.5, 0.6) is 11.5 Å². The minimum Gasteiger partial charge on any atom is -0.490 e. The highest BCUT2D eigenvalue weighted by molar-refractivity contribution is 5.46. The van der Waals surface area contributed by atoms with Gasteiger partial charge in [0, 0.05) is 18.8 Å². The second kappa shape index (κ2) is 5.90. The van der Waals surface area contributed by atoms with E-state index in [9.17, 15) is 0 Å². The number of nitrogens with zero attached hydrogens (tertiary/aromatic N) is 1. The van der Waals surface area contributed by atoms with E-state index in [1.54, 1.807) is 12.4 Å². The van der Waals surface area contributed by atoms with Crippen LogP contribution in [-0.4, -0.2) is 18.2 Å². The van der Waals surface area contributed by atoms with E-state index in [-0.39, 0.29) is 6.04 Å². The van der Waals surface area contributed by atoms with Crippen LogP contribution < -0.4 is 20.7 Å². The van der Waals surface area contributed by atoms with Crippen molar-refractivity contribution >= 4 is 0 Å². The first-order valence-electron chi connectivity index (χ1n) is 6.64. The lowest BCUT2D eigenvalue weighted by molar-refractivity contribution is 0.297. The molecule has 1 atom stereocenters. The molecule has 20 heavy (non-hydrogen) atoms. The average molecular weight is 271 g/mol. The molecule has 0 radical (unpaired) electrons. The number of nitrogens with one attached hydrogen (secondary N) is 1. The number of hydrogen-bond donors (Lipinski definition) is 2. The summed E-state index contributed by atoms with van der Waals surface area (Å²) in [6, 6.07) is 9.64. The van der Waals surface area contributed by atoms with Gasteiger partial charge in [0.2, 0.25) is 0 Å². The molecule has 1 aliphatic rings. The normalized spacial score (nSPS) is 15.4. The van der Waals surface area contributed by atoms with Crippen LogP contribution in [0.15, 0.2) is 42.7 Å². The SMILES string of the molecule is NNC(c1cccnc1)c1ccc2c(c1)OCCCO2. The van der Waals surface area contributed by atoms with E-state index in [4.69, 9.17) is 15.3 Å². The lowest BCUT2D eigenvalue weighted by Crippen LogP contribution is -2.28. The Morgan fingerprint density at radius 1 is 1.10 bits per heavy atom. The van der Waals surface area contributed by atoms with Gasteiger partial charge in [0.15, 0.2) is 11.5 Å². The van der Waals surface area contributed by atoms with Gasteiger partial charge in [0.25, 0.3) is 0 Å². The average Bonchev–Trinajstić information content (AvgIpc) is 2.74. The number of aromatic nitrogens is 1. The van der Waals surface area contributed by atoms with Gasteiger partial charge >= 0.3 is 0 Å². The second-order valence-corrected chi connectivity index (χ2v) is 4.64. The summed E-state index contributed by atoms with van der Waals surface area (Å²) >= 11 is 0. The largest absolute Gasteiger partial charge is 0.490 e. The summed E-state index contributed by atoms with van der Waals surface area (Å²) in [5, 5.41) is 0. The van der Waals surface area contributed by atoms with E-state index in [1.165, 1.54) is 0 Å². The molecule has 1 aliphatic heterocycles. The summed E-state index contributed by atoms with van der Waals surface area (Å²) in [5.41, 5.74) is 4.84. The van der Waals surface area contributed by atoms with Crippen LogP contribution in [0.1, 0.15) is 23.6 Å². The van der Waals surface area contributed by atoms with Crippen LogP contribution in [0.4, 0.5) is 0 Å². The molecule has 5 nitrogen and oxygen atoms in total. The zero-order chi connectivity index (χ0) is 13.8. The van der Waals surface area contributed by atoms with Crippen molar-refractivity contribution in [2.24, 2.45) is 5.84 Å². The van der Waals surface area contributed by atoms with Crippen LogP contribution >= 0.6 is 0 Å². The minimum atomic E-state index is -0.124.